The Morgan fingerprint density at radius 2 is 2.10 bits per heavy atom. The van der Waals surface area contributed by atoms with Crippen LogP contribution in [0.2, 0.25) is 0 Å². The van der Waals surface area contributed by atoms with Crippen LogP contribution in [-0.2, 0) is 7.05 Å². The number of ether oxygens (including phenoxy) is 1. The van der Waals surface area contributed by atoms with Gasteiger partial charge in [0.15, 0.2) is 11.2 Å². The minimum Gasteiger partial charge on any atom is -0.468 e. The summed E-state index contributed by atoms with van der Waals surface area (Å²) in [6.45, 7) is -0.639. The largest absolute Gasteiger partial charge is 0.468 e. The van der Waals surface area contributed by atoms with Crippen LogP contribution < -0.4 is 10.3 Å². The van der Waals surface area contributed by atoms with E-state index in [0.29, 0.717) is 0 Å². The van der Waals surface area contributed by atoms with E-state index in [2.05, 4.69) is 15.0 Å². The zero-order valence-electron chi connectivity index (χ0n) is 10.9. The highest BCUT2D eigenvalue weighted by Crippen LogP contribution is 2.16. The number of nitrogens with zero attached hydrogens (tertiary/aromatic N) is 4. The molecule has 2 heterocycles. The summed E-state index contributed by atoms with van der Waals surface area (Å²) in [5, 5.41) is 27.9. The summed E-state index contributed by atoms with van der Waals surface area (Å²) in [5.74, 6) is 0. The molecule has 0 radical (unpaired) electrons. The van der Waals surface area contributed by atoms with Gasteiger partial charge in [-0.05, 0) is 0 Å². The van der Waals surface area contributed by atoms with Gasteiger partial charge in [0.1, 0.15) is 12.2 Å². The van der Waals surface area contributed by atoms with Crippen LogP contribution in [0, 0.1) is 0 Å². The summed E-state index contributed by atoms with van der Waals surface area (Å²) in [6, 6.07) is 0.0838. The lowest BCUT2D eigenvalue weighted by Gasteiger charge is -2.14. The first-order chi connectivity index (χ1) is 9.49. The Hall–Kier alpha value is -2.10. The third-order valence-corrected chi connectivity index (χ3v) is 2.80. The van der Waals surface area contributed by atoms with Crippen LogP contribution in [0.3, 0.4) is 0 Å². The van der Waals surface area contributed by atoms with Crippen molar-refractivity contribution in [3.63, 3.8) is 0 Å². The van der Waals surface area contributed by atoms with Crippen molar-refractivity contribution in [1.29, 1.82) is 0 Å². The Morgan fingerprint density at radius 1 is 1.40 bits per heavy atom. The van der Waals surface area contributed by atoms with Gasteiger partial charge in [0, 0.05) is 7.05 Å². The van der Waals surface area contributed by atoms with Crippen molar-refractivity contribution >= 4 is 11.2 Å². The van der Waals surface area contributed by atoms with Crippen LogP contribution in [0.5, 0.6) is 6.01 Å². The van der Waals surface area contributed by atoms with E-state index in [0.717, 1.165) is 4.57 Å². The first-order valence-electron chi connectivity index (χ1n) is 5.74. The van der Waals surface area contributed by atoms with Gasteiger partial charge in [-0.25, -0.2) is 9.97 Å². The van der Waals surface area contributed by atoms with Crippen LogP contribution in [0.25, 0.3) is 11.2 Å². The summed E-state index contributed by atoms with van der Waals surface area (Å²) in [5.41, 5.74) is -0.510. The average Bonchev–Trinajstić information content (AvgIpc) is 2.48. The number of aliphatic hydroxyl groups excluding tert-OH is 3. The SMILES string of the molecule is COc1nc2ncc([C@H](O)[C@@H](O)CO)nc2c(=O)n1C. The number of hydrogen-bond acceptors (Lipinski definition) is 8. The van der Waals surface area contributed by atoms with Gasteiger partial charge in [-0.3, -0.25) is 9.36 Å². The van der Waals surface area contributed by atoms with Gasteiger partial charge in [-0.2, -0.15) is 4.98 Å². The maximum atomic E-state index is 12.1. The molecule has 0 unspecified atom stereocenters. The maximum Gasteiger partial charge on any atom is 0.300 e. The van der Waals surface area contributed by atoms with Crippen molar-refractivity contribution in [2.45, 2.75) is 12.2 Å². The van der Waals surface area contributed by atoms with Crippen molar-refractivity contribution in [3.05, 3.63) is 22.2 Å². The van der Waals surface area contributed by atoms with Gasteiger partial charge < -0.3 is 20.1 Å². The van der Waals surface area contributed by atoms with E-state index < -0.39 is 24.4 Å². The number of aromatic nitrogens is 4. The lowest BCUT2D eigenvalue weighted by Crippen LogP contribution is -2.25. The van der Waals surface area contributed by atoms with Gasteiger partial charge in [0.25, 0.3) is 5.56 Å². The molecule has 2 aromatic rings. The molecular formula is C11H14N4O5. The Labute approximate surface area is 113 Å². The zero-order valence-corrected chi connectivity index (χ0v) is 10.9. The molecule has 0 bridgehead atoms. The van der Waals surface area contributed by atoms with Crippen molar-refractivity contribution < 1.29 is 20.1 Å². The van der Waals surface area contributed by atoms with Gasteiger partial charge in [-0.15, -0.1) is 0 Å². The van der Waals surface area contributed by atoms with E-state index >= 15 is 0 Å². The highest BCUT2D eigenvalue weighted by molar-refractivity contribution is 5.68. The fourth-order valence-electron chi connectivity index (χ4n) is 1.66. The normalized spacial score (nSPS) is 14.2. The van der Waals surface area contributed by atoms with Crippen molar-refractivity contribution in [2.24, 2.45) is 7.05 Å². The lowest BCUT2D eigenvalue weighted by atomic mass is 10.1. The van der Waals surface area contributed by atoms with E-state index in [4.69, 9.17) is 9.84 Å². The first-order valence-corrected chi connectivity index (χ1v) is 5.74. The second-order valence-electron chi connectivity index (χ2n) is 4.12. The van der Waals surface area contributed by atoms with Crippen LogP contribution in [0.15, 0.2) is 11.0 Å². The predicted molar refractivity (Wildman–Crippen MR) is 67.2 cm³/mol. The summed E-state index contributed by atoms with van der Waals surface area (Å²) >= 11 is 0. The molecule has 9 nitrogen and oxygen atoms in total. The molecule has 0 spiro atoms. The van der Waals surface area contributed by atoms with Gasteiger partial charge in [0.05, 0.1) is 25.6 Å². The number of methoxy groups -OCH3 is 1. The Morgan fingerprint density at radius 3 is 2.70 bits per heavy atom. The van der Waals surface area contributed by atoms with Crippen molar-refractivity contribution in [3.8, 4) is 6.01 Å². The highest BCUT2D eigenvalue weighted by Gasteiger charge is 2.21. The van der Waals surface area contributed by atoms with Crippen LogP contribution >= 0.6 is 0 Å². The molecule has 2 rings (SSSR count). The van der Waals surface area contributed by atoms with Crippen molar-refractivity contribution in [2.75, 3.05) is 13.7 Å². The molecule has 0 aliphatic carbocycles. The maximum absolute atomic E-state index is 12.1. The molecular weight excluding hydrogens is 268 g/mol. The third-order valence-electron chi connectivity index (χ3n) is 2.80. The molecule has 2 atom stereocenters. The average molecular weight is 282 g/mol. The van der Waals surface area contributed by atoms with Gasteiger partial charge in [0.2, 0.25) is 0 Å². The highest BCUT2D eigenvalue weighted by atomic mass is 16.5. The Bertz CT molecular complexity index is 686. The number of rotatable bonds is 4. The molecule has 0 saturated carbocycles. The van der Waals surface area contributed by atoms with Crippen LogP contribution in [0.1, 0.15) is 11.8 Å². The summed E-state index contributed by atoms with van der Waals surface area (Å²) in [7, 11) is 2.83. The Kier molecular flexibility index (Phi) is 3.93. The first kappa shape index (κ1) is 14.3. The lowest BCUT2D eigenvalue weighted by molar-refractivity contribution is -0.0173. The molecule has 9 heteroatoms. The number of aliphatic hydroxyl groups is 3. The molecule has 0 aliphatic rings. The fraction of sp³-hybridized carbons (Fsp3) is 0.455. The number of fused-ring (bicyclic) bond motifs is 1. The van der Waals surface area contributed by atoms with E-state index in [-0.39, 0.29) is 22.9 Å². The summed E-state index contributed by atoms with van der Waals surface area (Å²) in [4.78, 5) is 23.9. The summed E-state index contributed by atoms with van der Waals surface area (Å²) < 4.78 is 6.08. The molecule has 108 valence electrons. The quantitative estimate of drug-likeness (QED) is 0.594. The topological polar surface area (TPSA) is 131 Å². The minimum absolute atomic E-state index is 0.0249. The second-order valence-corrected chi connectivity index (χ2v) is 4.12. The fourth-order valence-corrected chi connectivity index (χ4v) is 1.66. The van der Waals surface area contributed by atoms with Crippen molar-refractivity contribution in [1.82, 2.24) is 19.5 Å². The van der Waals surface area contributed by atoms with Gasteiger partial charge >= 0.3 is 6.01 Å². The van der Waals surface area contributed by atoms with Crippen LogP contribution in [-0.4, -0.2) is 54.7 Å². The molecule has 0 aromatic carbocycles. The molecule has 2 aromatic heterocycles. The number of hydrogen-bond donors (Lipinski definition) is 3. The van der Waals surface area contributed by atoms with E-state index in [1.54, 1.807) is 0 Å². The molecule has 20 heavy (non-hydrogen) atoms. The monoisotopic (exact) mass is 282 g/mol. The predicted octanol–water partition coefficient (Wildman–Crippen LogP) is -1.88. The smallest absolute Gasteiger partial charge is 0.300 e. The summed E-state index contributed by atoms with van der Waals surface area (Å²) in [6.07, 6.45) is -1.67. The van der Waals surface area contributed by atoms with Crippen LogP contribution in [0.4, 0.5) is 0 Å². The van der Waals surface area contributed by atoms with E-state index in [9.17, 15) is 15.0 Å². The molecule has 0 amide bonds. The minimum atomic E-state index is -1.44. The molecule has 0 saturated heterocycles. The van der Waals surface area contributed by atoms with E-state index in [1.807, 2.05) is 0 Å². The zero-order chi connectivity index (χ0) is 14.9. The molecule has 0 aliphatic heterocycles. The molecule has 0 fully saturated rings. The molecule has 3 N–H and O–H groups in total. The third kappa shape index (κ3) is 2.33. The second kappa shape index (κ2) is 5.49. The Balaban J connectivity index is 2.60. The van der Waals surface area contributed by atoms with E-state index in [1.165, 1.54) is 20.4 Å². The van der Waals surface area contributed by atoms with Gasteiger partial charge in [-0.1, -0.05) is 0 Å². The standard InChI is InChI=1S/C11H14N4O5/c1-15-10(19)7-9(14-11(15)20-2)12-3-5(13-7)8(18)6(17)4-16/h3,6,8,16-18H,4H2,1-2H3/t6-,8-/m0/s1.